The number of methoxy groups -OCH3 is 3. The predicted molar refractivity (Wildman–Crippen MR) is 61.6 cm³/mol. The Balaban J connectivity index is 3.25. The molecule has 1 aromatic carbocycles. The molecule has 0 saturated heterocycles. The largest absolute Gasteiger partial charge is 0.466 e. The quantitative estimate of drug-likeness (QED) is 0.581. The Morgan fingerprint density at radius 1 is 1.00 bits per heavy atom. The van der Waals surface area contributed by atoms with Gasteiger partial charge in [-0.25, -0.2) is 9.59 Å². The molecule has 18 heavy (non-hydrogen) atoms. The highest BCUT2D eigenvalue weighted by atomic mass is 16.7. The summed E-state index contributed by atoms with van der Waals surface area (Å²) in [7, 11) is 3.92. The number of ether oxygens (including phenoxy) is 4. The van der Waals surface area contributed by atoms with Gasteiger partial charge in [-0.3, -0.25) is 0 Å². The molecule has 0 bridgehead atoms. The van der Waals surface area contributed by atoms with Crippen LogP contribution in [0.25, 0.3) is 0 Å². The molecule has 0 amide bonds. The second-order valence-electron chi connectivity index (χ2n) is 3.22. The van der Waals surface area contributed by atoms with Gasteiger partial charge in [0.25, 0.3) is 0 Å². The van der Waals surface area contributed by atoms with E-state index in [1.165, 1.54) is 39.5 Å². The first-order chi connectivity index (χ1) is 8.65. The topological polar surface area (TPSA) is 71.1 Å². The Labute approximate surface area is 104 Å². The second kappa shape index (κ2) is 6.61. The van der Waals surface area contributed by atoms with Crippen molar-refractivity contribution < 1.29 is 28.5 Å². The molecule has 6 nitrogen and oxygen atoms in total. The van der Waals surface area contributed by atoms with Gasteiger partial charge in [-0.2, -0.15) is 0 Å². The standard InChI is InChI=1S/C12H14O6/c1-15-7-18-10-8(11(13)16-2)5-4-6-9(10)12(14)17-3/h4-6H,7H2,1-3H3. The zero-order valence-corrected chi connectivity index (χ0v) is 10.4. The molecular formula is C12H14O6. The maximum atomic E-state index is 11.6. The summed E-state index contributed by atoms with van der Waals surface area (Å²) in [6, 6.07) is 4.52. The van der Waals surface area contributed by atoms with Crippen LogP contribution in [0.1, 0.15) is 20.7 Å². The third-order valence-electron chi connectivity index (χ3n) is 2.15. The van der Waals surface area contributed by atoms with E-state index in [2.05, 4.69) is 9.47 Å². The molecule has 1 aromatic rings. The van der Waals surface area contributed by atoms with Crippen molar-refractivity contribution in [1.29, 1.82) is 0 Å². The molecular weight excluding hydrogens is 240 g/mol. The monoisotopic (exact) mass is 254 g/mol. The number of hydrogen-bond donors (Lipinski definition) is 0. The van der Waals surface area contributed by atoms with E-state index in [0.29, 0.717) is 0 Å². The van der Waals surface area contributed by atoms with Crippen LogP contribution in [0, 0.1) is 0 Å². The second-order valence-corrected chi connectivity index (χ2v) is 3.22. The van der Waals surface area contributed by atoms with Crippen LogP contribution in [0.15, 0.2) is 18.2 Å². The van der Waals surface area contributed by atoms with Crippen LogP contribution in [0.2, 0.25) is 0 Å². The molecule has 0 saturated carbocycles. The molecule has 0 aliphatic rings. The average molecular weight is 254 g/mol. The molecule has 0 fully saturated rings. The summed E-state index contributed by atoms with van der Waals surface area (Å²) in [6.07, 6.45) is 0. The van der Waals surface area contributed by atoms with E-state index in [0.717, 1.165) is 0 Å². The molecule has 0 atom stereocenters. The third-order valence-corrected chi connectivity index (χ3v) is 2.15. The van der Waals surface area contributed by atoms with E-state index >= 15 is 0 Å². The minimum absolute atomic E-state index is 0.0815. The molecule has 0 aliphatic heterocycles. The Hall–Kier alpha value is -2.08. The van der Waals surface area contributed by atoms with Crippen LogP contribution < -0.4 is 4.74 Å². The molecule has 0 unspecified atom stereocenters. The van der Waals surface area contributed by atoms with Crippen LogP contribution >= 0.6 is 0 Å². The van der Waals surface area contributed by atoms with Gasteiger partial charge in [-0.15, -0.1) is 0 Å². The van der Waals surface area contributed by atoms with Crippen LogP contribution in [-0.4, -0.2) is 40.1 Å². The highest BCUT2D eigenvalue weighted by molar-refractivity contribution is 6.00. The van der Waals surface area contributed by atoms with Crippen molar-refractivity contribution in [2.24, 2.45) is 0 Å². The van der Waals surface area contributed by atoms with Gasteiger partial charge in [-0.05, 0) is 12.1 Å². The number of para-hydroxylation sites is 1. The van der Waals surface area contributed by atoms with Crippen LogP contribution in [0.5, 0.6) is 5.75 Å². The summed E-state index contributed by atoms with van der Waals surface area (Å²) >= 11 is 0. The number of rotatable bonds is 5. The number of benzene rings is 1. The lowest BCUT2D eigenvalue weighted by atomic mass is 10.1. The molecule has 0 spiro atoms. The molecule has 98 valence electrons. The molecule has 6 heteroatoms. The van der Waals surface area contributed by atoms with Gasteiger partial charge in [0.2, 0.25) is 0 Å². The SMILES string of the molecule is COCOc1c(C(=O)OC)cccc1C(=O)OC. The van der Waals surface area contributed by atoms with E-state index in [9.17, 15) is 9.59 Å². The molecule has 0 aliphatic carbocycles. The van der Waals surface area contributed by atoms with Gasteiger partial charge < -0.3 is 18.9 Å². The van der Waals surface area contributed by atoms with Crippen molar-refractivity contribution >= 4 is 11.9 Å². The summed E-state index contributed by atoms with van der Waals surface area (Å²) in [5.74, 6) is -1.13. The summed E-state index contributed by atoms with van der Waals surface area (Å²) in [6.45, 7) is -0.0992. The first kappa shape index (κ1) is 14.0. The minimum atomic E-state index is -0.605. The van der Waals surface area contributed by atoms with E-state index in [4.69, 9.17) is 9.47 Å². The van der Waals surface area contributed by atoms with Gasteiger partial charge in [0.1, 0.15) is 11.1 Å². The van der Waals surface area contributed by atoms with Gasteiger partial charge in [0.15, 0.2) is 12.5 Å². The maximum absolute atomic E-state index is 11.6. The smallest absolute Gasteiger partial charge is 0.341 e. The van der Waals surface area contributed by atoms with Crippen LogP contribution in [-0.2, 0) is 14.2 Å². The van der Waals surface area contributed by atoms with E-state index in [1.807, 2.05) is 0 Å². The van der Waals surface area contributed by atoms with Crippen molar-refractivity contribution in [2.45, 2.75) is 0 Å². The Morgan fingerprint density at radius 3 is 1.89 bits per heavy atom. The van der Waals surface area contributed by atoms with Gasteiger partial charge >= 0.3 is 11.9 Å². The highest BCUT2D eigenvalue weighted by Crippen LogP contribution is 2.25. The fourth-order valence-electron chi connectivity index (χ4n) is 1.35. The molecule has 0 radical (unpaired) electrons. The summed E-state index contributed by atoms with van der Waals surface area (Å²) in [5.41, 5.74) is 0.273. The Kier molecular flexibility index (Phi) is 5.13. The third kappa shape index (κ3) is 2.98. The highest BCUT2D eigenvalue weighted by Gasteiger charge is 2.21. The van der Waals surface area contributed by atoms with E-state index in [1.54, 1.807) is 0 Å². The molecule has 0 aromatic heterocycles. The zero-order chi connectivity index (χ0) is 13.5. The molecule has 0 heterocycles. The van der Waals surface area contributed by atoms with Crippen LogP contribution in [0.3, 0.4) is 0 Å². The lowest BCUT2D eigenvalue weighted by Gasteiger charge is -2.12. The minimum Gasteiger partial charge on any atom is -0.466 e. The van der Waals surface area contributed by atoms with Crippen LogP contribution in [0.4, 0.5) is 0 Å². The fraction of sp³-hybridized carbons (Fsp3) is 0.333. The average Bonchev–Trinajstić information content (AvgIpc) is 2.42. The number of carbonyl (C=O) groups is 2. The lowest BCUT2D eigenvalue weighted by Crippen LogP contribution is -2.12. The molecule has 0 N–H and O–H groups in total. The predicted octanol–water partition coefficient (Wildman–Crippen LogP) is 1.24. The zero-order valence-electron chi connectivity index (χ0n) is 10.4. The first-order valence-corrected chi connectivity index (χ1v) is 5.07. The normalized spacial score (nSPS) is 9.72. The summed E-state index contributed by atoms with van der Waals surface area (Å²) in [4.78, 5) is 23.1. The van der Waals surface area contributed by atoms with Crippen molar-refractivity contribution in [3.8, 4) is 5.75 Å². The van der Waals surface area contributed by atoms with Crippen molar-refractivity contribution in [1.82, 2.24) is 0 Å². The van der Waals surface area contributed by atoms with Gasteiger partial charge in [0, 0.05) is 7.11 Å². The maximum Gasteiger partial charge on any atom is 0.341 e. The van der Waals surface area contributed by atoms with Crippen molar-refractivity contribution in [3.63, 3.8) is 0 Å². The summed E-state index contributed by atoms with van der Waals surface area (Å²) < 4.78 is 19.2. The number of carbonyl (C=O) groups excluding carboxylic acids is 2. The van der Waals surface area contributed by atoms with Crippen molar-refractivity contribution in [3.05, 3.63) is 29.3 Å². The van der Waals surface area contributed by atoms with E-state index < -0.39 is 11.9 Å². The van der Waals surface area contributed by atoms with E-state index in [-0.39, 0.29) is 23.7 Å². The number of esters is 2. The lowest BCUT2D eigenvalue weighted by molar-refractivity contribution is 0.0434. The van der Waals surface area contributed by atoms with Gasteiger partial charge in [0.05, 0.1) is 14.2 Å². The Bertz CT molecular complexity index is 406. The first-order valence-electron chi connectivity index (χ1n) is 5.07. The van der Waals surface area contributed by atoms with Gasteiger partial charge in [-0.1, -0.05) is 6.07 Å². The fourth-order valence-corrected chi connectivity index (χ4v) is 1.35. The Morgan fingerprint density at radius 2 is 1.50 bits per heavy atom. The summed E-state index contributed by atoms with van der Waals surface area (Å²) in [5, 5.41) is 0. The van der Waals surface area contributed by atoms with Crippen molar-refractivity contribution in [2.75, 3.05) is 28.1 Å². The molecule has 1 rings (SSSR count). The number of hydrogen-bond acceptors (Lipinski definition) is 6.